The first-order valence-electron chi connectivity index (χ1n) is 7.28. The van der Waals surface area contributed by atoms with Gasteiger partial charge in [-0.25, -0.2) is 0 Å². The predicted molar refractivity (Wildman–Crippen MR) is 87.0 cm³/mol. The fraction of sp³-hybridized carbons (Fsp3) is 0.294. The van der Waals surface area contributed by atoms with Crippen molar-refractivity contribution in [3.05, 3.63) is 42.5 Å². The Morgan fingerprint density at radius 2 is 1.62 bits per heavy atom. The third kappa shape index (κ3) is 5.34. The SMILES string of the molecule is CN(C)CCOc1cc(-c2ccc(OC(F)(F)F)cc2)ccc1N. The molecule has 7 heteroatoms. The molecule has 0 radical (unpaired) electrons. The molecule has 2 aromatic rings. The van der Waals surface area contributed by atoms with E-state index in [-0.39, 0.29) is 5.75 Å². The van der Waals surface area contributed by atoms with Gasteiger partial charge >= 0.3 is 6.36 Å². The van der Waals surface area contributed by atoms with Crippen LogP contribution in [0.5, 0.6) is 11.5 Å². The molecule has 24 heavy (non-hydrogen) atoms. The van der Waals surface area contributed by atoms with Crippen LogP contribution in [0.1, 0.15) is 0 Å². The van der Waals surface area contributed by atoms with Gasteiger partial charge in [-0.2, -0.15) is 0 Å². The number of ether oxygens (including phenoxy) is 2. The molecule has 0 bridgehead atoms. The summed E-state index contributed by atoms with van der Waals surface area (Å²) in [6.07, 6.45) is -4.70. The molecule has 2 rings (SSSR count). The summed E-state index contributed by atoms with van der Waals surface area (Å²) in [5, 5.41) is 0. The molecule has 0 aromatic heterocycles. The maximum absolute atomic E-state index is 12.2. The molecule has 130 valence electrons. The van der Waals surface area contributed by atoms with Crippen LogP contribution >= 0.6 is 0 Å². The average molecular weight is 340 g/mol. The van der Waals surface area contributed by atoms with Crippen molar-refractivity contribution in [1.29, 1.82) is 0 Å². The van der Waals surface area contributed by atoms with E-state index >= 15 is 0 Å². The van der Waals surface area contributed by atoms with Gasteiger partial charge in [-0.05, 0) is 49.5 Å². The summed E-state index contributed by atoms with van der Waals surface area (Å²) >= 11 is 0. The first-order valence-corrected chi connectivity index (χ1v) is 7.28. The maximum Gasteiger partial charge on any atom is 0.573 e. The highest BCUT2D eigenvalue weighted by Crippen LogP contribution is 2.31. The molecule has 0 unspecified atom stereocenters. The quantitative estimate of drug-likeness (QED) is 0.813. The second-order valence-corrected chi connectivity index (χ2v) is 5.48. The van der Waals surface area contributed by atoms with Gasteiger partial charge in [-0.3, -0.25) is 0 Å². The summed E-state index contributed by atoms with van der Waals surface area (Å²) in [4.78, 5) is 1.99. The van der Waals surface area contributed by atoms with Gasteiger partial charge in [0.2, 0.25) is 0 Å². The Balaban J connectivity index is 2.14. The van der Waals surface area contributed by atoms with E-state index in [1.807, 2.05) is 19.0 Å². The van der Waals surface area contributed by atoms with E-state index in [1.165, 1.54) is 12.1 Å². The minimum absolute atomic E-state index is 0.260. The van der Waals surface area contributed by atoms with Crippen molar-refractivity contribution >= 4 is 5.69 Å². The molecular weight excluding hydrogens is 321 g/mol. The van der Waals surface area contributed by atoms with Crippen LogP contribution in [0.2, 0.25) is 0 Å². The number of nitrogens with zero attached hydrogens (tertiary/aromatic N) is 1. The fourth-order valence-electron chi connectivity index (χ4n) is 2.03. The molecule has 0 heterocycles. The first kappa shape index (κ1) is 17.9. The predicted octanol–water partition coefficient (Wildman–Crippen LogP) is 3.77. The highest BCUT2D eigenvalue weighted by atomic mass is 19.4. The molecule has 0 saturated heterocycles. The monoisotopic (exact) mass is 340 g/mol. The Labute approximate surface area is 138 Å². The van der Waals surface area contributed by atoms with Gasteiger partial charge in [-0.15, -0.1) is 13.2 Å². The summed E-state index contributed by atoms with van der Waals surface area (Å²) in [5.74, 6) is 0.286. The highest BCUT2D eigenvalue weighted by Gasteiger charge is 2.30. The minimum atomic E-state index is -4.70. The summed E-state index contributed by atoms with van der Waals surface area (Å²) in [5.41, 5.74) is 7.94. The summed E-state index contributed by atoms with van der Waals surface area (Å²) < 4.78 is 46.1. The molecule has 0 fully saturated rings. The van der Waals surface area contributed by atoms with Gasteiger partial charge in [0, 0.05) is 6.54 Å². The number of nitrogens with two attached hydrogens (primary N) is 1. The van der Waals surface area contributed by atoms with Gasteiger partial charge in [0.15, 0.2) is 0 Å². The van der Waals surface area contributed by atoms with Gasteiger partial charge < -0.3 is 20.1 Å². The van der Waals surface area contributed by atoms with Crippen LogP contribution in [0.15, 0.2) is 42.5 Å². The lowest BCUT2D eigenvalue weighted by atomic mass is 10.0. The molecule has 0 atom stereocenters. The number of hydrogen-bond donors (Lipinski definition) is 1. The van der Waals surface area contributed by atoms with E-state index in [4.69, 9.17) is 10.5 Å². The zero-order valence-corrected chi connectivity index (χ0v) is 13.4. The molecular formula is C17H19F3N2O2. The Hall–Kier alpha value is -2.41. The lowest BCUT2D eigenvalue weighted by Gasteiger charge is -2.14. The van der Waals surface area contributed by atoms with Crippen LogP contribution in [0, 0.1) is 0 Å². The lowest BCUT2D eigenvalue weighted by molar-refractivity contribution is -0.274. The molecule has 4 nitrogen and oxygen atoms in total. The van der Waals surface area contributed by atoms with E-state index in [0.717, 1.165) is 17.7 Å². The van der Waals surface area contributed by atoms with Gasteiger partial charge in [0.05, 0.1) is 5.69 Å². The van der Waals surface area contributed by atoms with E-state index in [2.05, 4.69) is 4.74 Å². The number of nitrogen functional groups attached to an aromatic ring is 1. The van der Waals surface area contributed by atoms with Crippen LogP contribution in [-0.2, 0) is 0 Å². The van der Waals surface area contributed by atoms with Crippen molar-refractivity contribution < 1.29 is 22.6 Å². The number of likely N-dealkylation sites (N-methyl/N-ethyl adjacent to an activating group) is 1. The number of halogens is 3. The van der Waals surface area contributed by atoms with Crippen molar-refractivity contribution in [2.24, 2.45) is 0 Å². The van der Waals surface area contributed by atoms with Crippen LogP contribution in [0.4, 0.5) is 18.9 Å². The van der Waals surface area contributed by atoms with Crippen LogP contribution in [0.3, 0.4) is 0 Å². The van der Waals surface area contributed by atoms with Crippen LogP contribution < -0.4 is 15.2 Å². The standard InChI is InChI=1S/C17H19F3N2O2/c1-22(2)9-10-23-16-11-13(5-8-15(16)21)12-3-6-14(7-4-12)24-17(18,19)20/h3-8,11H,9-10,21H2,1-2H3. The molecule has 0 amide bonds. The highest BCUT2D eigenvalue weighted by molar-refractivity contribution is 5.70. The van der Waals surface area contributed by atoms with Crippen LogP contribution in [0.25, 0.3) is 11.1 Å². The van der Waals surface area contributed by atoms with Crippen molar-refractivity contribution in [2.75, 3.05) is 33.0 Å². The van der Waals surface area contributed by atoms with Gasteiger partial charge in [0.25, 0.3) is 0 Å². The largest absolute Gasteiger partial charge is 0.573 e. The zero-order chi connectivity index (χ0) is 17.7. The third-order valence-corrected chi connectivity index (χ3v) is 3.23. The average Bonchev–Trinajstić information content (AvgIpc) is 2.48. The topological polar surface area (TPSA) is 47.7 Å². The third-order valence-electron chi connectivity index (χ3n) is 3.23. The molecule has 0 aliphatic rings. The molecule has 0 aliphatic heterocycles. The molecule has 2 N–H and O–H groups in total. The smallest absolute Gasteiger partial charge is 0.490 e. The zero-order valence-electron chi connectivity index (χ0n) is 13.4. The lowest BCUT2D eigenvalue weighted by Crippen LogP contribution is -2.19. The Bertz CT molecular complexity index is 671. The number of anilines is 1. The number of hydrogen-bond acceptors (Lipinski definition) is 4. The normalized spacial score (nSPS) is 11.6. The van der Waals surface area contributed by atoms with Gasteiger partial charge in [-0.1, -0.05) is 18.2 Å². The van der Waals surface area contributed by atoms with E-state index in [0.29, 0.717) is 18.0 Å². The van der Waals surface area contributed by atoms with E-state index in [1.54, 1.807) is 30.3 Å². The van der Waals surface area contributed by atoms with Crippen molar-refractivity contribution in [3.63, 3.8) is 0 Å². The minimum Gasteiger partial charge on any atom is -0.490 e. The summed E-state index contributed by atoms with van der Waals surface area (Å²) in [7, 11) is 3.88. The maximum atomic E-state index is 12.2. The van der Waals surface area contributed by atoms with Crippen molar-refractivity contribution in [3.8, 4) is 22.6 Å². The molecule has 0 aliphatic carbocycles. The second kappa shape index (κ2) is 7.44. The second-order valence-electron chi connectivity index (χ2n) is 5.48. The summed E-state index contributed by atoms with van der Waals surface area (Å²) in [6, 6.07) is 10.9. The van der Waals surface area contributed by atoms with Crippen molar-refractivity contribution in [2.45, 2.75) is 6.36 Å². The molecule has 0 saturated carbocycles. The number of alkyl halides is 3. The Morgan fingerprint density at radius 1 is 1.00 bits per heavy atom. The van der Waals surface area contributed by atoms with Crippen molar-refractivity contribution in [1.82, 2.24) is 4.90 Å². The van der Waals surface area contributed by atoms with E-state index < -0.39 is 6.36 Å². The summed E-state index contributed by atoms with van der Waals surface area (Å²) in [6.45, 7) is 1.23. The Morgan fingerprint density at radius 3 is 2.21 bits per heavy atom. The van der Waals surface area contributed by atoms with Gasteiger partial charge in [0.1, 0.15) is 18.1 Å². The first-order chi connectivity index (χ1) is 11.2. The molecule has 2 aromatic carbocycles. The van der Waals surface area contributed by atoms with E-state index in [9.17, 15) is 13.2 Å². The number of rotatable bonds is 6. The van der Waals surface area contributed by atoms with Crippen LogP contribution in [-0.4, -0.2) is 38.5 Å². The molecule has 0 spiro atoms. The fourth-order valence-corrected chi connectivity index (χ4v) is 2.03. The number of benzene rings is 2. The Kier molecular flexibility index (Phi) is 5.56.